The first kappa shape index (κ1) is 10.8. The molecule has 0 aliphatic rings. The van der Waals surface area contributed by atoms with Gasteiger partial charge < -0.3 is 9.84 Å². The summed E-state index contributed by atoms with van der Waals surface area (Å²) in [4.78, 5) is 3.51. The van der Waals surface area contributed by atoms with E-state index in [1.165, 1.54) is 13.3 Å². The van der Waals surface area contributed by atoms with E-state index in [-0.39, 0.29) is 11.3 Å². The quantitative estimate of drug-likeness (QED) is 0.802. The Bertz CT molecular complexity index is 314. The number of hydrogen-bond donors (Lipinski definition) is 1. The van der Waals surface area contributed by atoms with Crippen LogP contribution in [-0.4, -0.2) is 23.4 Å². The van der Waals surface area contributed by atoms with Gasteiger partial charge in [-0.3, -0.25) is 4.98 Å². The standard InChI is InChI=1S/C8H8F3NO2/c1-14-6-2-5(3-12-4-6)7(13)8(9,10)11/h2-4,7,13H,1H3. The van der Waals surface area contributed by atoms with Gasteiger partial charge in [0.2, 0.25) is 0 Å². The van der Waals surface area contributed by atoms with Crippen LogP contribution >= 0.6 is 0 Å². The molecule has 0 amide bonds. The van der Waals surface area contributed by atoms with E-state index < -0.39 is 12.3 Å². The highest BCUT2D eigenvalue weighted by Gasteiger charge is 2.39. The van der Waals surface area contributed by atoms with Crippen LogP contribution in [-0.2, 0) is 0 Å². The summed E-state index contributed by atoms with van der Waals surface area (Å²) in [7, 11) is 1.31. The monoisotopic (exact) mass is 207 g/mol. The first-order chi connectivity index (χ1) is 6.45. The number of aliphatic hydroxyl groups is 1. The van der Waals surface area contributed by atoms with Crippen molar-refractivity contribution in [3.63, 3.8) is 0 Å². The number of hydrogen-bond acceptors (Lipinski definition) is 3. The Kier molecular flexibility index (Phi) is 2.95. The molecule has 78 valence electrons. The zero-order valence-corrected chi connectivity index (χ0v) is 7.25. The van der Waals surface area contributed by atoms with Crippen molar-refractivity contribution < 1.29 is 23.0 Å². The van der Waals surface area contributed by atoms with Gasteiger partial charge in [0.1, 0.15) is 5.75 Å². The number of aliphatic hydroxyl groups excluding tert-OH is 1. The molecule has 1 aromatic rings. The molecular formula is C8H8F3NO2. The number of rotatable bonds is 2. The minimum absolute atomic E-state index is 0.172. The summed E-state index contributed by atoms with van der Waals surface area (Å²) in [5.74, 6) is 0.172. The largest absolute Gasteiger partial charge is 0.495 e. The van der Waals surface area contributed by atoms with Crippen molar-refractivity contribution in [2.45, 2.75) is 12.3 Å². The molecule has 0 spiro atoms. The molecule has 0 saturated carbocycles. The summed E-state index contributed by atoms with van der Waals surface area (Å²) in [6.07, 6.45) is -5.01. The minimum atomic E-state index is -4.69. The van der Waals surface area contributed by atoms with Crippen molar-refractivity contribution in [1.82, 2.24) is 4.98 Å². The van der Waals surface area contributed by atoms with Crippen molar-refractivity contribution in [2.24, 2.45) is 0 Å². The molecule has 6 heteroatoms. The van der Waals surface area contributed by atoms with E-state index in [0.29, 0.717) is 0 Å². The van der Waals surface area contributed by atoms with Crippen LogP contribution in [0.25, 0.3) is 0 Å². The fraction of sp³-hybridized carbons (Fsp3) is 0.375. The van der Waals surface area contributed by atoms with Crippen LogP contribution < -0.4 is 4.74 Å². The number of halogens is 3. The van der Waals surface area contributed by atoms with Crippen LogP contribution in [0.4, 0.5) is 13.2 Å². The molecule has 0 radical (unpaired) electrons. The Morgan fingerprint density at radius 1 is 1.43 bits per heavy atom. The lowest BCUT2D eigenvalue weighted by Crippen LogP contribution is -2.20. The Balaban J connectivity index is 2.95. The van der Waals surface area contributed by atoms with Gasteiger partial charge in [0.15, 0.2) is 6.10 Å². The molecule has 0 aliphatic carbocycles. The summed E-state index contributed by atoms with van der Waals surface area (Å²) in [6.45, 7) is 0. The summed E-state index contributed by atoms with van der Waals surface area (Å²) in [5, 5.41) is 8.86. The molecular weight excluding hydrogens is 199 g/mol. The molecule has 1 aromatic heterocycles. The normalized spacial score (nSPS) is 13.8. The average molecular weight is 207 g/mol. The molecule has 1 rings (SSSR count). The third-order valence-corrected chi connectivity index (χ3v) is 1.60. The van der Waals surface area contributed by atoms with Crippen LogP contribution in [0.15, 0.2) is 18.5 Å². The third kappa shape index (κ3) is 2.35. The van der Waals surface area contributed by atoms with Gasteiger partial charge in [-0.15, -0.1) is 0 Å². The lowest BCUT2D eigenvalue weighted by Gasteiger charge is -2.14. The van der Waals surface area contributed by atoms with Gasteiger partial charge in [-0.1, -0.05) is 0 Å². The molecule has 1 N–H and O–H groups in total. The second kappa shape index (κ2) is 3.83. The van der Waals surface area contributed by atoms with E-state index in [4.69, 9.17) is 5.11 Å². The number of alkyl halides is 3. The Labute approximate surface area is 78.2 Å². The summed E-state index contributed by atoms with van der Waals surface area (Å²) in [5.41, 5.74) is -0.336. The second-order valence-corrected chi connectivity index (χ2v) is 2.60. The second-order valence-electron chi connectivity index (χ2n) is 2.60. The zero-order chi connectivity index (χ0) is 10.8. The first-order valence-electron chi connectivity index (χ1n) is 3.69. The third-order valence-electron chi connectivity index (χ3n) is 1.60. The average Bonchev–Trinajstić information content (AvgIpc) is 2.15. The molecule has 1 heterocycles. The summed E-state index contributed by atoms with van der Waals surface area (Å²) in [6, 6.07) is 1.09. The van der Waals surface area contributed by atoms with Crippen LogP contribution in [0.3, 0.4) is 0 Å². The smallest absolute Gasteiger partial charge is 0.418 e. The fourth-order valence-corrected chi connectivity index (χ4v) is 0.886. The molecule has 1 atom stereocenters. The van der Waals surface area contributed by atoms with Crippen LogP contribution in [0.1, 0.15) is 11.7 Å². The zero-order valence-electron chi connectivity index (χ0n) is 7.25. The highest BCUT2D eigenvalue weighted by Crippen LogP contribution is 2.32. The SMILES string of the molecule is COc1cncc(C(O)C(F)(F)F)c1. The first-order valence-corrected chi connectivity index (χ1v) is 3.69. The lowest BCUT2D eigenvalue weighted by molar-refractivity contribution is -0.206. The van der Waals surface area contributed by atoms with Crippen LogP contribution in [0.2, 0.25) is 0 Å². The molecule has 0 aromatic carbocycles. The van der Waals surface area contributed by atoms with Gasteiger partial charge in [0.25, 0.3) is 0 Å². The van der Waals surface area contributed by atoms with Gasteiger partial charge in [-0.25, -0.2) is 0 Å². The van der Waals surface area contributed by atoms with E-state index in [2.05, 4.69) is 9.72 Å². The van der Waals surface area contributed by atoms with Crippen molar-refractivity contribution >= 4 is 0 Å². The lowest BCUT2D eigenvalue weighted by atomic mass is 10.1. The van der Waals surface area contributed by atoms with E-state index in [1.807, 2.05) is 0 Å². The number of aromatic nitrogens is 1. The van der Waals surface area contributed by atoms with Crippen LogP contribution in [0, 0.1) is 0 Å². The highest BCUT2D eigenvalue weighted by molar-refractivity contribution is 5.25. The maximum Gasteiger partial charge on any atom is 0.418 e. The maximum atomic E-state index is 12.1. The molecule has 3 nitrogen and oxygen atoms in total. The molecule has 14 heavy (non-hydrogen) atoms. The molecule has 0 aliphatic heterocycles. The Morgan fingerprint density at radius 3 is 2.57 bits per heavy atom. The van der Waals surface area contributed by atoms with Gasteiger partial charge in [0, 0.05) is 11.8 Å². The number of nitrogens with zero attached hydrogens (tertiary/aromatic N) is 1. The summed E-state index contributed by atoms with van der Waals surface area (Å²) < 4.78 is 40.8. The number of methoxy groups -OCH3 is 1. The molecule has 0 fully saturated rings. The van der Waals surface area contributed by atoms with E-state index in [1.54, 1.807) is 0 Å². The van der Waals surface area contributed by atoms with Gasteiger partial charge in [-0.2, -0.15) is 13.2 Å². The molecule has 0 saturated heterocycles. The number of ether oxygens (including phenoxy) is 1. The molecule has 1 unspecified atom stereocenters. The fourth-order valence-electron chi connectivity index (χ4n) is 0.886. The predicted octanol–water partition coefficient (Wildman–Crippen LogP) is 1.69. The van der Waals surface area contributed by atoms with Gasteiger partial charge >= 0.3 is 6.18 Å². The van der Waals surface area contributed by atoms with E-state index in [9.17, 15) is 13.2 Å². The minimum Gasteiger partial charge on any atom is -0.495 e. The van der Waals surface area contributed by atoms with E-state index in [0.717, 1.165) is 12.3 Å². The van der Waals surface area contributed by atoms with Gasteiger partial charge in [0.05, 0.1) is 13.3 Å². The van der Waals surface area contributed by atoms with Gasteiger partial charge in [-0.05, 0) is 6.07 Å². The maximum absolute atomic E-state index is 12.1. The highest BCUT2D eigenvalue weighted by atomic mass is 19.4. The topological polar surface area (TPSA) is 42.4 Å². The predicted molar refractivity (Wildman–Crippen MR) is 41.8 cm³/mol. The molecule has 0 bridgehead atoms. The summed E-state index contributed by atoms with van der Waals surface area (Å²) >= 11 is 0. The van der Waals surface area contributed by atoms with Crippen molar-refractivity contribution in [3.05, 3.63) is 24.0 Å². The van der Waals surface area contributed by atoms with Crippen molar-refractivity contribution in [2.75, 3.05) is 7.11 Å². The number of pyridine rings is 1. The van der Waals surface area contributed by atoms with Crippen LogP contribution in [0.5, 0.6) is 5.75 Å². The van der Waals surface area contributed by atoms with E-state index >= 15 is 0 Å². The Hall–Kier alpha value is -1.30. The van der Waals surface area contributed by atoms with Crippen molar-refractivity contribution in [3.8, 4) is 5.75 Å². The van der Waals surface area contributed by atoms with Crippen molar-refractivity contribution in [1.29, 1.82) is 0 Å². The Morgan fingerprint density at radius 2 is 2.07 bits per heavy atom.